The fourth-order valence-electron chi connectivity index (χ4n) is 4.87. The summed E-state index contributed by atoms with van der Waals surface area (Å²) in [4.78, 5) is 89.7. The van der Waals surface area contributed by atoms with Crippen molar-refractivity contribution in [2.75, 3.05) is 18.8 Å². The van der Waals surface area contributed by atoms with Gasteiger partial charge in [-0.25, -0.2) is 4.79 Å². The van der Waals surface area contributed by atoms with Gasteiger partial charge in [0.15, 0.2) is 0 Å². The number of thiol groups is 1. The van der Waals surface area contributed by atoms with Gasteiger partial charge in [-0.2, -0.15) is 12.6 Å². The predicted octanol–water partition coefficient (Wildman–Crippen LogP) is -0.598. The highest BCUT2D eigenvalue weighted by Crippen LogP contribution is 2.11. The van der Waals surface area contributed by atoms with Crippen LogP contribution < -0.4 is 43.4 Å². The number of nitrogens with two attached hydrogens (primary N) is 2. The molecule has 16 nitrogen and oxygen atoms in total. The first-order valence-corrected chi connectivity index (χ1v) is 18.0. The van der Waals surface area contributed by atoms with E-state index in [1.165, 1.54) is 0 Å². The molecule has 0 aromatic carbocycles. The fraction of sp³-hybridized carbons (Fsp3) is 0.788. The van der Waals surface area contributed by atoms with Gasteiger partial charge in [-0.3, -0.25) is 28.8 Å². The predicted molar refractivity (Wildman–Crippen MR) is 194 cm³/mol. The van der Waals surface area contributed by atoms with E-state index in [-0.39, 0.29) is 24.0 Å². The van der Waals surface area contributed by atoms with Gasteiger partial charge in [-0.1, -0.05) is 61.8 Å². The molecule has 0 bridgehead atoms. The average Bonchev–Trinajstić information content (AvgIpc) is 3.01. The number of aliphatic carboxylic acids is 1. The Morgan fingerprint density at radius 2 is 1.08 bits per heavy atom. The molecule has 0 fully saturated rings. The van der Waals surface area contributed by atoms with E-state index in [1.807, 2.05) is 27.7 Å². The minimum Gasteiger partial charge on any atom is -0.480 e. The van der Waals surface area contributed by atoms with Crippen LogP contribution in [0.1, 0.15) is 87.5 Å². The van der Waals surface area contributed by atoms with E-state index < -0.39 is 96.0 Å². The minimum atomic E-state index is -1.27. The molecule has 0 spiro atoms. The summed E-state index contributed by atoms with van der Waals surface area (Å²) in [5.41, 5.74) is 11.5. The van der Waals surface area contributed by atoms with Crippen molar-refractivity contribution < 1.29 is 38.7 Å². The van der Waals surface area contributed by atoms with Crippen LogP contribution in [0, 0.1) is 23.7 Å². The molecule has 6 amide bonds. The number of carboxylic acids is 1. The van der Waals surface area contributed by atoms with E-state index in [2.05, 4.69) is 44.5 Å². The Labute approximate surface area is 301 Å². The minimum absolute atomic E-state index is 0.0294. The quantitative estimate of drug-likeness (QED) is 0.0445. The van der Waals surface area contributed by atoms with Gasteiger partial charge in [0.1, 0.15) is 30.2 Å². The second kappa shape index (κ2) is 23.9. The molecule has 0 radical (unpaired) electrons. The topological polar surface area (TPSA) is 264 Å². The Morgan fingerprint density at radius 1 is 0.620 bits per heavy atom. The maximum absolute atomic E-state index is 13.5. The highest BCUT2D eigenvalue weighted by Gasteiger charge is 2.33. The third kappa shape index (κ3) is 18.0. The number of nitrogens with one attached hydrogen (secondary N) is 6. The summed E-state index contributed by atoms with van der Waals surface area (Å²) < 4.78 is 0. The normalized spacial score (nSPS) is 15.0. The zero-order chi connectivity index (χ0) is 38.7. The summed E-state index contributed by atoms with van der Waals surface area (Å²) in [5.74, 6) is -6.00. The van der Waals surface area contributed by atoms with Gasteiger partial charge in [0.25, 0.3) is 0 Å². The molecule has 0 heterocycles. The van der Waals surface area contributed by atoms with Gasteiger partial charge in [-0.15, -0.1) is 0 Å². The smallest absolute Gasteiger partial charge is 0.327 e. The lowest BCUT2D eigenvalue weighted by atomic mass is 9.98. The highest BCUT2D eigenvalue weighted by atomic mass is 32.1. The van der Waals surface area contributed by atoms with Crippen LogP contribution >= 0.6 is 12.6 Å². The number of carbonyl (C=O) groups is 7. The second-order valence-corrected chi connectivity index (χ2v) is 14.5. The molecule has 50 heavy (non-hydrogen) atoms. The van der Waals surface area contributed by atoms with Crippen LogP contribution in [0.3, 0.4) is 0 Å². The van der Waals surface area contributed by atoms with E-state index >= 15 is 0 Å². The Bertz CT molecular complexity index is 1140. The molecule has 288 valence electrons. The molecule has 0 aliphatic heterocycles. The average molecular weight is 731 g/mol. The van der Waals surface area contributed by atoms with Gasteiger partial charge >= 0.3 is 5.97 Å². The third-order valence-electron chi connectivity index (χ3n) is 7.72. The van der Waals surface area contributed by atoms with Crippen molar-refractivity contribution in [3.05, 3.63) is 0 Å². The van der Waals surface area contributed by atoms with Gasteiger partial charge < -0.3 is 48.5 Å². The van der Waals surface area contributed by atoms with Crippen LogP contribution in [0.15, 0.2) is 0 Å². The number of rotatable bonds is 24. The molecule has 0 saturated heterocycles. The summed E-state index contributed by atoms with van der Waals surface area (Å²) in [6, 6.07) is -6.23. The molecule has 0 aliphatic rings. The molecule has 6 atom stereocenters. The first-order valence-electron chi connectivity index (χ1n) is 17.3. The summed E-state index contributed by atoms with van der Waals surface area (Å²) in [6.07, 6.45) is 2.30. The van der Waals surface area contributed by atoms with E-state index in [4.69, 9.17) is 11.5 Å². The Balaban J connectivity index is 5.61. The lowest BCUT2D eigenvalue weighted by molar-refractivity contribution is -0.141. The monoisotopic (exact) mass is 730 g/mol. The van der Waals surface area contributed by atoms with E-state index in [1.54, 1.807) is 27.7 Å². The molecule has 0 aromatic heterocycles. The first-order chi connectivity index (χ1) is 23.2. The number of amides is 6. The zero-order valence-corrected chi connectivity index (χ0v) is 31.7. The fourth-order valence-corrected chi connectivity index (χ4v) is 5.12. The number of unbranched alkanes of at least 4 members (excludes halogenated alkanes) is 1. The summed E-state index contributed by atoms with van der Waals surface area (Å²) in [7, 11) is 0. The highest BCUT2D eigenvalue weighted by molar-refractivity contribution is 7.80. The lowest BCUT2D eigenvalue weighted by Gasteiger charge is -2.29. The van der Waals surface area contributed by atoms with Crippen LogP contribution in [-0.4, -0.2) is 102 Å². The molecule has 0 rings (SSSR count). The maximum atomic E-state index is 13.5. The third-order valence-corrected chi connectivity index (χ3v) is 8.08. The number of hydrogen-bond acceptors (Lipinski definition) is 10. The largest absolute Gasteiger partial charge is 0.480 e. The summed E-state index contributed by atoms with van der Waals surface area (Å²) in [5, 5.41) is 24.7. The van der Waals surface area contributed by atoms with Crippen molar-refractivity contribution in [2.24, 2.45) is 35.1 Å². The van der Waals surface area contributed by atoms with Crippen molar-refractivity contribution in [1.29, 1.82) is 0 Å². The first kappa shape index (κ1) is 46.6. The molecular formula is C33H62N8O8S. The molecule has 0 unspecified atom stereocenters. The Hall–Kier alpha value is -3.44. The molecule has 11 N–H and O–H groups in total. The lowest BCUT2D eigenvalue weighted by Crippen LogP contribution is -2.60. The van der Waals surface area contributed by atoms with Crippen molar-refractivity contribution in [3.63, 3.8) is 0 Å². The van der Waals surface area contributed by atoms with Crippen molar-refractivity contribution in [1.82, 2.24) is 31.9 Å². The van der Waals surface area contributed by atoms with E-state index in [0.717, 1.165) is 6.42 Å². The number of carboxylic acid groups (broad SMARTS) is 1. The summed E-state index contributed by atoms with van der Waals surface area (Å²) >= 11 is 3.94. The maximum Gasteiger partial charge on any atom is 0.327 e. The van der Waals surface area contributed by atoms with Gasteiger partial charge in [0, 0.05) is 5.75 Å². The number of carbonyl (C=O) groups excluding carboxylic acids is 6. The van der Waals surface area contributed by atoms with Crippen LogP contribution in [0.25, 0.3) is 0 Å². The van der Waals surface area contributed by atoms with Crippen molar-refractivity contribution in [3.8, 4) is 0 Å². The van der Waals surface area contributed by atoms with Crippen molar-refractivity contribution in [2.45, 2.75) is 124 Å². The van der Waals surface area contributed by atoms with Gasteiger partial charge in [0.05, 0.1) is 12.6 Å². The van der Waals surface area contributed by atoms with Gasteiger partial charge in [-0.05, 0) is 55.9 Å². The van der Waals surface area contributed by atoms with Crippen LogP contribution in [0.4, 0.5) is 0 Å². The SMILES string of the molecule is CC(C)C[C@H](NC(=O)CNC(=O)[C@@H](NC(=O)[C@@H](NC(=O)[C@H](CC(C)C)NC(=O)[C@@H](N)CCCCN)C(C)C)C(C)C)C(=O)N[C@@H](CS)C(=O)O. The molecule has 17 heteroatoms. The van der Waals surface area contributed by atoms with Crippen LogP contribution in [0.2, 0.25) is 0 Å². The van der Waals surface area contributed by atoms with Gasteiger partial charge in [0.2, 0.25) is 35.4 Å². The molecular weight excluding hydrogens is 668 g/mol. The van der Waals surface area contributed by atoms with E-state index in [9.17, 15) is 38.7 Å². The number of hydrogen-bond donors (Lipinski definition) is 10. The molecule has 0 saturated carbocycles. The Kier molecular flexibility index (Phi) is 22.2. The second-order valence-electron chi connectivity index (χ2n) is 14.1. The van der Waals surface area contributed by atoms with Crippen molar-refractivity contribution >= 4 is 54.0 Å². The van der Waals surface area contributed by atoms with Crippen LogP contribution in [0.5, 0.6) is 0 Å². The Morgan fingerprint density at radius 3 is 1.54 bits per heavy atom. The zero-order valence-electron chi connectivity index (χ0n) is 30.8. The molecule has 0 aromatic rings. The standard InChI is InChI=1S/C33H62N8O8S/c1-17(2)13-22(29(44)39-24(16-50)33(48)49)37-25(42)15-36-31(46)26(19(5)6)41-32(47)27(20(7)8)40-30(45)23(14-18(3)4)38-28(43)21(35)11-9-10-12-34/h17-24,26-27,50H,9-16,34-35H2,1-8H3,(H,36,46)(H,37,42)(H,38,43)(H,39,44)(H,40,45)(H,41,47)(H,48,49)/t21-,22-,23-,24-,26-,27-/m0/s1. The van der Waals surface area contributed by atoms with E-state index in [0.29, 0.717) is 25.8 Å². The molecule has 0 aliphatic carbocycles. The van der Waals surface area contributed by atoms with Crippen LogP contribution in [-0.2, 0) is 33.6 Å². The summed E-state index contributed by atoms with van der Waals surface area (Å²) in [6.45, 7) is 14.2.